The van der Waals surface area contributed by atoms with Gasteiger partial charge in [-0.25, -0.2) is 4.98 Å². The Morgan fingerprint density at radius 3 is 2.88 bits per heavy atom. The molecule has 1 aromatic rings. The van der Waals surface area contributed by atoms with E-state index in [0.29, 0.717) is 0 Å². The molecule has 0 spiro atoms. The third-order valence-electron chi connectivity index (χ3n) is 0.707. The van der Waals surface area contributed by atoms with Crippen LogP contribution in [0.25, 0.3) is 0 Å². The molecule has 1 rings (SSSR count). The van der Waals surface area contributed by atoms with Crippen LogP contribution in [0.4, 0.5) is 0 Å². The van der Waals surface area contributed by atoms with Crippen molar-refractivity contribution < 1.29 is 4.79 Å². The summed E-state index contributed by atoms with van der Waals surface area (Å²) in [7, 11) is 0. The van der Waals surface area contributed by atoms with Crippen LogP contribution >= 0.6 is 0 Å². The molecule has 8 heavy (non-hydrogen) atoms. The first-order valence-corrected chi connectivity index (χ1v) is 2.10. The minimum Gasteiger partial charge on any atom is -0.291 e. The molecule has 0 atom stereocenters. The van der Waals surface area contributed by atoms with Crippen LogP contribution in [-0.2, 0) is 0 Å². The van der Waals surface area contributed by atoms with Crippen LogP contribution < -0.4 is 0 Å². The van der Waals surface area contributed by atoms with Gasteiger partial charge in [0, 0.05) is 6.92 Å². The number of nitrogens with zero attached hydrogens (tertiary/aromatic N) is 2. The molecule has 0 saturated heterocycles. The summed E-state index contributed by atoms with van der Waals surface area (Å²) in [6.07, 6.45) is 2.23. The average Bonchev–Trinajstić information content (AvgIpc) is 2.12. The fraction of sp³-hybridized carbons (Fsp3) is 0.250. The third kappa shape index (κ3) is 0.726. The highest BCUT2D eigenvalue weighted by Crippen LogP contribution is 1.83. The zero-order chi connectivity index (χ0) is 5.98. The minimum absolute atomic E-state index is 0.126. The first-order valence-electron chi connectivity index (χ1n) is 2.10. The van der Waals surface area contributed by atoms with Gasteiger partial charge >= 0.3 is 0 Å². The lowest BCUT2D eigenvalue weighted by Crippen LogP contribution is -1.93. The topological polar surface area (TPSA) is 58.6 Å². The fourth-order valence-electron chi connectivity index (χ4n) is 0.335. The van der Waals surface area contributed by atoms with E-state index in [9.17, 15) is 4.79 Å². The Morgan fingerprint density at radius 2 is 2.62 bits per heavy atom. The van der Waals surface area contributed by atoms with E-state index in [-0.39, 0.29) is 11.6 Å². The summed E-state index contributed by atoms with van der Waals surface area (Å²) < 4.78 is 0. The van der Waals surface area contributed by atoms with Crippen molar-refractivity contribution in [1.29, 1.82) is 0 Å². The van der Waals surface area contributed by atoms with Crippen LogP contribution in [-0.4, -0.2) is 21.0 Å². The Hall–Kier alpha value is -1.19. The summed E-state index contributed by atoms with van der Waals surface area (Å²) in [5.74, 6) is 0.128. The maximum Gasteiger partial charge on any atom is 0.221 e. The Labute approximate surface area is 45.9 Å². The molecule has 0 aromatic carbocycles. The van der Waals surface area contributed by atoms with E-state index in [2.05, 4.69) is 21.5 Å². The van der Waals surface area contributed by atoms with E-state index in [0.717, 1.165) is 0 Å². The van der Waals surface area contributed by atoms with Gasteiger partial charge in [-0.3, -0.25) is 9.89 Å². The lowest BCUT2D eigenvalue weighted by molar-refractivity contribution is 0.100. The first kappa shape index (κ1) is 4.96. The molecular formula is C4H4N3O. The van der Waals surface area contributed by atoms with E-state index < -0.39 is 0 Å². The number of hydrogen-bond acceptors (Lipinski definition) is 3. The van der Waals surface area contributed by atoms with Crippen LogP contribution in [0.1, 0.15) is 17.5 Å². The van der Waals surface area contributed by atoms with Gasteiger partial charge in [-0.15, -0.1) is 5.10 Å². The van der Waals surface area contributed by atoms with Gasteiger partial charge in [0.1, 0.15) is 0 Å². The number of rotatable bonds is 1. The predicted octanol–water partition coefficient (Wildman–Crippen LogP) is -0.193. The summed E-state index contributed by atoms with van der Waals surface area (Å²) in [6, 6.07) is 0. The van der Waals surface area contributed by atoms with Gasteiger partial charge in [-0.1, -0.05) is 0 Å². The molecule has 1 aromatic heterocycles. The molecule has 0 aliphatic rings. The van der Waals surface area contributed by atoms with Gasteiger partial charge in [0.2, 0.25) is 6.33 Å². The van der Waals surface area contributed by atoms with E-state index in [1.165, 1.54) is 6.92 Å². The van der Waals surface area contributed by atoms with Crippen molar-refractivity contribution in [3.8, 4) is 0 Å². The number of carbonyl (C=O) groups excluding carboxylic acids is 1. The Morgan fingerprint density at radius 1 is 1.88 bits per heavy atom. The molecule has 4 nitrogen and oxygen atoms in total. The molecule has 0 unspecified atom stereocenters. The molecule has 41 valence electrons. The van der Waals surface area contributed by atoms with Crippen molar-refractivity contribution in [2.75, 3.05) is 0 Å². The summed E-state index contributed by atoms with van der Waals surface area (Å²) in [5, 5.41) is 5.73. The second-order valence-electron chi connectivity index (χ2n) is 1.34. The number of nitrogens with one attached hydrogen (secondary N) is 1. The highest BCUT2D eigenvalue weighted by Gasteiger charge is 1.98. The van der Waals surface area contributed by atoms with Crippen molar-refractivity contribution in [2.24, 2.45) is 0 Å². The molecule has 1 heterocycles. The smallest absolute Gasteiger partial charge is 0.221 e. The number of hydrogen-bond donors (Lipinski definition) is 1. The summed E-state index contributed by atoms with van der Waals surface area (Å²) in [4.78, 5) is 13.8. The first-order chi connectivity index (χ1) is 3.80. The lowest BCUT2D eigenvalue weighted by atomic mass is 10.4. The van der Waals surface area contributed by atoms with Crippen molar-refractivity contribution in [2.45, 2.75) is 6.92 Å². The Bertz CT molecular complexity index is 179. The van der Waals surface area contributed by atoms with Crippen molar-refractivity contribution >= 4 is 5.78 Å². The zero-order valence-corrected chi connectivity index (χ0v) is 4.30. The second-order valence-corrected chi connectivity index (χ2v) is 1.34. The van der Waals surface area contributed by atoms with Crippen molar-refractivity contribution in [3.63, 3.8) is 0 Å². The van der Waals surface area contributed by atoms with Gasteiger partial charge in [0.25, 0.3) is 0 Å². The van der Waals surface area contributed by atoms with E-state index in [4.69, 9.17) is 0 Å². The quantitative estimate of drug-likeness (QED) is 0.509. The molecule has 0 saturated carbocycles. The molecule has 1 N–H and O–H groups in total. The fourth-order valence-corrected chi connectivity index (χ4v) is 0.335. The highest BCUT2D eigenvalue weighted by atomic mass is 16.1. The maximum absolute atomic E-state index is 10.4. The minimum atomic E-state index is -0.126. The number of carbonyl (C=O) groups is 1. The van der Waals surface area contributed by atoms with Gasteiger partial charge in [-0.2, -0.15) is 0 Å². The van der Waals surface area contributed by atoms with Gasteiger partial charge in [-0.05, 0) is 0 Å². The standard InChI is InChI=1S/C4H4N3O/c1-3(8)4-5-2-6-7-4/h1H3,(H,5,6,7). The summed E-state index contributed by atoms with van der Waals surface area (Å²) >= 11 is 0. The van der Waals surface area contributed by atoms with Gasteiger partial charge < -0.3 is 0 Å². The molecule has 0 bridgehead atoms. The Balaban J connectivity index is 2.93. The highest BCUT2D eigenvalue weighted by molar-refractivity contribution is 5.89. The molecule has 4 heteroatoms. The monoisotopic (exact) mass is 110 g/mol. The average molecular weight is 110 g/mol. The number of Topliss-reactive ketones (excluding diaryl/α,β-unsaturated/α-hetero) is 1. The van der Waals surface area contributed by atoms with Crippen LogP contribution in [0.3, 0.4) is 0 Å². The molecule has 0 aliphatic carbocycles. The normalized spacial score (nSPS) is 9.12. The van der Waals surface area contributed by atoms with E-state index in [1.807, 2.05) is 0 Å². The molecule has 1 radical (unpaired) electrons. The number of ketones is 1. The summed E-state index contributed by atoms with van der Waals surface area (Å²) in [6.45, 7) is 1.41. The molecular weight excluding hydrogens is 106 g/mol. The Kier molecular flexibility index (Phi) is 1.07. The predicted molar refractivity (Wildman–Crippen MR) is 25.2 cm³/mol. The molecule has 0 fully saturated rings. The molecule has 0 aliphatic heterocycles. The number of H-pyrrole nitrogens is 1. The van der Waals surface area contributed by atoms with Crippen LogP contribution in [0.15, 0.2) is 0 Å². The third-order valence-corrected chi connectivity index (χ3v) is 0.707. The van der Waals surface area contributed by atoms with Crippen LogP contribution in [0, 0.1) is 6.33 Å². The number of aromatic amines is 1. The summed E-state index contributed by atoms with van der Waals surface area (Å²) in [5.41, 5.74) is 0. The van der Waals surface area contributed by atoms with Crippen molar-refractivity contribution in [3.05, 3.63) is 12.2 Å². The molecule has 0 amide bonds. The second kappa shape index (κ2) is 1.73. The zero-order valence-electron chi connectivity index (χ0n) is 4.30. The van der Waals surface area contributed by atoms with Gasteiger partial charge in [0.15, 0.2) is 11.6 Å². The SMILES string of the molecule is CC(=O)c1n[c]n[nH]1. The maximum atomic E-state index is 10.4. The van der Waals surface area contributed by atoms with E-state index in [1.54, 1.807) is 0 Å². The largest absolute Gasteiger partial charge is 0.291 e. The van der Waals surface area contributed by atoms with E-state index >= 15 is 0 Å². The number of aromatic nitrogens is 3. The van der Waals surface area contributed by atoms with Crippen LogP contribution in [0.2, 0.25) is 0 Å². The lowest BCUT2D eigenvalue weighted by Gasteiger charge is -1.78. The van der Waals surface area contributed by atoms with Crippen LogP contribution in [0.5, 0.6) is 0 Å². The van der Waals surface area contributed by atoms with Crippen molar-refractivity contribution in [1.82, 2.24) is 15.2 Å². The van der Waals surface area contributed by atoms with Gasteiger partial charge in [0.05, 0.1) is 0 Å².